The Morgan fingerprint density at radius 3 is 2.68 bits per heavy atom. The Bertz CT molecular complexity index is 566. The number of benzene rings is 1. The molecular formula is C11H14N2O5S. The first-order chi connectivity index (χ1) is 9.00. The van der Waals surface area contributed by atoms with E-state index in [2.05, 4.69) is 0 Å². The summed E-state index contributed by atoms with van der Waals surface area (Å²) in [6, 6.07) is 5.82. The lowest BCUT2D eigenvalue weighted by molar-refractivity contribution is -0.385. The third-order valence-corrected chi connectivity index (χ3v) is 4.39. The monoisotopic (exact) mass is 286 g/mol. The number of hydrogen-bond acceptors (Lipinski definition) is 5. The quantitative estimate of drug-likeness (QED) is 0.617. The van der Waals surface area contributed by atoms with Crippen LogP contribution in [0.3, 0.4) is 0 Å². The van der Waals surface area contributed by atoms with Gasteiger partial charge in [-0.3, -0.25) is 15.0 Å². The molecule has 0 atom stereocenters. The fourth-order valence-electron chi connectivity index (χ4n) is 1.87. The molecule has 1 aromatic rings. The highest BCUT2D eigenvalue weighted by Crippen LogP contribution is 2.22. The van der Waals surface area contributed by atoms with Crippen LogP contribution in [0.1, 0.15) is 18.4 Å². The van der Waals surface area contributed by atoms with Crippen molar-refractivity contribution in [3.63, 3.8) is 0 Å². The highest BCUT2D eigenvalue weighted by Gasteiger charge is 2.28. The van der Waals surface area contributed by atoms with E-state index in [9.17, 15) is 18.5 Å². The minimum Gasteiger partial charge on any atom is -0.284 e. The van der Waals surface area contributed by atoms with E-state index < -0.39 is 20.7 Å². The van der Waals surface area contributed by atoms with Crippen LogP contribution in [0.2, 0.25) is 0 Å². The van der Waals surface area contributed by atoms with E-state index in [-0.39, 0.29) is 11.3 Å². The Kier molecular flexibility index (Phi) is 4.13. The Morgan fingerprint density at radius 1 is 1.32 bits per heavy atom. The lowest BCUT2D eigenvalue weighted by Crippen LogP contribution is -2.36. The van der Waals surface area contributed by atoms with Crippen LogP contribution in [0.4, 0.5) is 5.69 Å². The smallest absolute Gasteiger partial charge is 0.273 e. The van der Waals surface area contributed by atoms with Crippen molar-refractivity contribution in [3.8, 4) is 0 Å². The van der Waals surface area contributed by atoms with E-state index in [1.807, 2.05) is 0 Å². The van der Waals surface area contributed by atoms with Gasteiger partial charge in [0.05, 0.1) is 17.3 Å². The van der Waals surface area contributed by atoms with Gasteiger partial charge in [0.25, 0.3) is 5.69 Å². The third kappa shape index (κ3) is 3.28. The number of hydroxylamine groups is 1. The average molecular weight is 286 g/mol. The first kappa shape index (κ1) is 13.9. The number of rotatable bonds is 4. The van der Waals surface area contributed by atoms with E-state index in [0.29, 0.717) is 13.2 Å². The second kappa shape index (κ2) is 5.64. The van der Waals surface area contributed by atoms with Crippen LogP contribution < -0.4 is 0 Å². The normalized spacial score (nSPS) is 17.3. The molecule has 0 radical (unpaired) electrons. The van der Waals surface area contributed by atoms with Crippen molar-refractivity contribution in [2.45, 2.75) is 18.6 Å². The molecule has 0 N–H and O–H groups in total. The molecule has 1 saturated heterocycles. The number of hydrogen-bond donors (Lipinski definition) is 0. The highest BCUT2D eigenvalue weighted by atomic mass is 32.2. The van der Waals surface area contributed by atoms with Crippen LogP contribution in [-0.2, 0) is 20.6 Å². The van der Waals surface area contributed by atoms with Gasteiger partial charge >= 0.3 is 0 Å². The summed E-state index contributed by atoms with van der Waals surface area (Å²) >= 11 is 0. The summed E-state index contributed by atoms with van der Waals surface area (Å²) in [6.07, 6.45) is 1.55. The van der Waals surface area contributed by atoms with Gasteiger partial charge in [-0.1, -0.05) is 22.7 Å². The maximum Gasteiger partial charge on any atom is 0.273 e. The summed E-state index contributed by atoms with van der Waals surface area (Å²) in [7, 11) is -3.69. The van der Waals surface area contributed by atoms with Gasteiger partial charge in [0, 0.05) is 18.2 Å². The standard InChI is InChI=1S/C11H14N2O5S/c14-13(15)11-6-2-1-5-10(11)9-19(16,17)12-7-3-4-8-18-12/h1-2,5-6H,3-4,7-9H2. The van der Waals surface area contributed by atoms with Crippen molar-refractivity contribution in [1.29, 1.82) is 0 Å². The highest BCUT2D eigenvalue weighted by molar-refractivity contribution is 7.88. The molecule has 1 fully saturated rings. The topological polar surface area (TPSA) is 89.8 Å². The summed E-state index contributed by atoms with van der Waals surface area (Å²) < 4.78 is 25.2. The number of nitrogens with zero attached hydrogens (tertiary/aromatic N) is 2. The van der Waals surface area contributed by atoms with E-state index in [1.165, 1.54) is 18.2 Å². The molecule has 0 spiro atoms. The van der Waals surface area contributed by atoms with Crippen LogP contribution >= 0.6 is 0 Å². The van der Waals surface area contributed by atoms with Gasteiger partial charge in [0.15, 0.2) is 0 Å². The molecule has 7 nitrogen and oxygen atoms in total. The molecule has 2 rings (SSSR count). The van der Waals surface area contributed by atoms with Crippen LogP contribution in [-0.4, -0.2) is 31.0 Å². The van der Waals surface area contributed by atoms with Crippen LogP contribution in [0.25, 0.3) is 0 Å². The van der Waals surface area contributed by atoms with Gasteiger partial charge in [0.2, 0.25) is 10.0 Å². The SMILES string of the molecule is O=[N+]([O-])c1ccccc1CS(=O)(=O)N1CCCCO1. The molecule has 0 aliphatic carbocycles. The molecule has 104 valence electrons. The molecule has 0 aromatic heterocycles. The number of nitro groups is 1. The Labute approximate surface area is 110 Å². The molecule has 1 heterocycles. The number of nitro benzene ring substituents is 1. The molecule has 0 unspecified atom stereocenters. The summed E-state index contributed by atoms with van der Waals surface area (Å²) in [6.45, 7) is 0.652. The first-order valence-corrected chi connectivity index (χ1v) is 7.47. The molecule has 1 aromatic carbocycles. The molecule has 1 aliphatic rings. The molecule has 0 saturated carbocycles. The second-order valence-electron chi connectivity index (χ2n) is 4.21. The van der Waals surface area contributed by atoms with Crippen molar-refractivity contribution >= 4 is 15.7 Å². The van der Waals surface area contributed by atoms with E-state index in [4.69, 9.17) is 4.84 Å². The third-order valence-electron chi connectivity index (χ3n) is 2.81. The predicted molar refractivity (Wildman–Crippen MR) is 67.6 cm³/mol. The minimum absolute atomic E-state index is 0.168. The number of sulfonamides is 1. The first-order valence-electron chi connectivity index (χ1n) is 5.86. The van der Waals surface area contributed by atoms with Gasteiger partial charge in [-0.15, -0.1) is 0 Å². The van der Waals surface area contributed by atoms with Crippen LogP contribution in [0.15, 0.2) is 24.3 Å². The van der Waals surface area contributed by atoms with Crippen molar-refractivity contribution in [2.75, 3.05) is 13.2 Å². The summed E-state index contributed by atoms with van der Waals surface area (Å²) in [5.41, 5.74) is -0.0234. The largest absolute Gasteiger partial charge is 0.284 e. The van der Waals surface area contributed by atoms with Crippen molar-refractivity contribution in [3.05, 3.63) is 39.9 Å². The Balaban J connectivity index is 2.22. The predicted octanol–water partition coefficient (Wildman–Crippen LogP) is 1.45. The molecule has 19 heavy (non-hydrogen) atoms. The van der Waals surface area contributed by atoms with Gasteiger partial charge in [-0.05, 0) is 12.8 Å². The van der Waals surface area contributed by atoms with Crippen molar-refractivity contribution < 1.29 is 18.2 Å². The number of para-hydroxylation sites is 1. The van der Waals surface area contributed by atoms with E-state index >= 15 is 0 Å². The zero-order chi connectivity index (χ0) is 13.9. The van der Waals surface area contributed by atoms with Gasteiger partial charge in [-0.2, -0.15) is 0 Å². The maximum atomic E-state index is 12.1. The van der Waals surface area contributed by atoms with Gasteiger partial charge < -0.3 is 0 Å². The summed E-state index contributed by atoms with van der Waals surface area (Å²) in [5, 5.41) is 10.8. The Hall–Kier alpha value is -1.51. The van der Waals surface area contributed by atoms with Crippen LogP contribution in [0, 0.1) is 10.1 Å². The zero-order valence-corrected chi connectivity index (χ0v) is 11.0. The van der Waals surface area contributed by atoms with Crippen molar-refractivity contribution in [1.82, 2.24) is 4.47 Å². The lowest BCUT2D eigenvalue weighted by Gasteiger charge is -2.25. The maximum absolute atomic E-state index is 12.1. The van der Waals surface area contributed by atoms with Gasteiger partial charge in [-0.25, -0.2) is 8.42 Å². The average Bonchev–Trinajstić information content (AvgIpc) is 2.39. The fraction of sp³-hybridized carbons (Fsp3) is 0.455. The van der Waals surface area contributed by atoms with Crippen LogP contribution in [0.5, 0.6) is 0 Å². The van der Waals surface area contributed by atoms with Gasteiger partial charge in [0.1, 0.15) is 0 Å². The molecule has 1 aliphatic heterocycles. The minimum atomic E-state index is -3.69. The molecule has 0 bridgehead atoms. The van der Waals surface area contributed by atoms with Crippen molar-refractivity contribution in [2.24, 2.45) is 0 Å². The Morgan fingerprint density at radius 2 is 2.05 bits per heavy atom. The lowest BCUT2D eigenvalue weighted by atomic mass is 10.2. The fourth-order valence-corrected chi connectivity index (χ4v) is 3.30. The molecular weight excluding hydrogens is 272 g/mol. The zero-order valence-electron chi connectivity index (χ0n) is 10.2. The summed E-state index contributed by atoms with van der Waals surface area (Å²) in [4.78, 5) is 15.4. The second-order valence-corrected chi connectivity index (χ2v) is 6.07. The summed E-state index contributed by atoms with van der Waals surface area (Å²) in [5.74, 6) is -0.426. The van der Waals surface area contributed by atoms with E-state index in [1.54, 1.807) is 6.07 Å². The molecule has 8 heteroatoms. The molecule has 0 amide bonds. The van der Waals surface area contributed by atoms with E-state index in [0.717, 1.165) is 17.3 Å².